The summed E-state index contributed by atoms with van der Waals surface area (Å²) in [7, 11) is 1.64. The van der Waals surface area contributed by atoms with Crippen molar-refractivity contribution in [2.24, 2.45) is 5.92 Å². The van der Waals surface area contributed by atoms with E-state index in [2.05, 4.69) is 4.90 Å². The smallest absolute Gasteiger partial charge is 0.309 e. The lowest BCUT2D eigenvalue weighted by atomic mass is 10.0. The molecule has 0 saturated carbocycles. The summed E-state index contributed by atoms with van der Waals surface area (Å²) in [6.07, 6.45) is 0. The van der Waals surface area contributed by atoms with Crippen molar-refractivity contribution in [3.8, 4) is 0 Å². The van der Waals surface area contributed by atoms with E-state index in [-0.39, 0.29) is 5.92 Å². The van der Waals surface area contributed by atoms with Crippen molar-refractivity contribution < 1.29 is 24.1 Å². The minimum atomic E-state index is -0.700. The molecule has 1 aliphatic rings. The summed E-state index contributed by atoms with van der Waals surface area (Å²) >= 11 is 0. The Labute approximate surface area is 101 Å². The van der Waals surface area contributed by atoms with Crippen molar-refractivity contribution in [1.29, 1.82) is 0 Å². The SMILES string of the molecule is COCCOCCOCCN1CC(C(=O)O)C1. The highest BCUT2D eigenvalue weighted by molar-refractivity contribution is 5.71. The number of ether oxygens (including phenoxy) is 3. The van der Waals surface area contributed by atoms with Crippen molar-refractivity contribution in [3.05, 3.63) is 0 Å². The molecule has 0 atom stereocenters. The van der Waals surface area contributed by atoms with Crippen molar-refractivity contribution in [2.45, 2.75) is 0 Å². The zero-order chi connectivity index (χ0) is 12.5. The van der Waals surface area contributed by atoms with E-state index in [1.54, 1.807) is 7.11 Å². The molecule has 0 unspecified atom stereocenters. The number of carboxylic acid groups (broad SMARTS) is 1. The van der Waals surface area contributed by atoms with Crippen LogP contribution in [0.4, 0.5) is 0 Å². The van der Waals surface area contributed by atoms with Crippen LogP contribution < -0.4 is 0 Å². The Kier molecular flexibility index (Phi) is 7.11. The average molecular weight is 247 g/mol. The highest BCUT2D eigenvalue weighted by Crippen LogP contribution is 2.14. The van der Waals surface area contributed by atoms with Crippen molar-refractivity contribution in [2.75, 3.05) is 59.8 Å². The van der Waals surface area contributed by atoms with E-state index in [0.29, 0.717) is 46.1 Å². The predicted octanol–water partition coefficient (Wildman–Crippen LogP) is -0.318. The molecule has 0 aromatic rings. The molecule has 1 fully saturated rings. The Hall–Kier alpha value is -0.690. The number of nitrogens with zero attached hydrogens (tertiary/aromatic N) is 1. The second-order valence-electron chi connectivity index (χ2n) is 4.01. The third-order valence-corrected chi connectivity index (χ3v) is 2.66. The lowest BCUT2D eigenvalue weighted by molar-refractivity contribution is -0.147. The van der Waals surface area contributed by atoms with Crippen LogP contribution in [-0.2, 0) is 19.0 Å². The number of hydrogen-bond donors (Lipinski definition) is 1. The van der Waals surface area contributed by atoms with E-state index in [9.17, 15) is 4.79 Å². The molecule has 0 aromatic heterocycles. The molecule has 1 rings (SSSR count). The highest BCUT2D eigenvalue weighted by atomic mass is 16.5. The molecule has 0 radical (unpaired) electrons. The van der Waals surface area contributed by atoms with E-state index < -0.39 is 5.97 Å². The molecular formula is C11H21NO5. The van der Waals surface area contributed by atoms with Crippen LogP contribution in [0.5, 0.6) is 0 Å². The summed E-state index contributed by atoms with van der Waals surface area (Å²) in [4.78, 5) is 12.6. The molecule has 1 heterocycles. The first kappa shape index (κ1) is 14.4. The molecule has 1 aliphatic heterocycles. The number of hydrogen-bond acceptors (Lipinski definition) is 5. The van der Waals surface area contributed by atoms with Gasteiger partial charge in [0.2, 0.25) is 0 Å². The van der Waals surface area contributed by atoms with Gasteiger partial charge in [0.15, 0.2) is 0 Å². The Balaban J connectivity index is 1.78. The van der Waals surface area contributed by atoms with Gasteiger partial charge >= 0.3 is 5.97 Å². The van der Waals surface area contributed by atoms with E-state index in [1.807, 2.05) is 0 Å². The number of methoxy groups -OCH3 is 1. The molecule has 0 spiro atoms. The van der Waals surface area contributed by atoms with Crippen LogP contribution in [0.2, 0.25) is 0 Å². The molecule has 6 heteroatoms. The van der Waals surface area contributed by atoms with Crippen LogP contribution in [0.3, 0.4) is 0 Å². The molecule has 17 heavy (non-hydrogen) atoms. The first-order chi connectivity index (χ1) is 8.24. The van der Waals surface area contributed by atoms with E-state index in [1.165, 1.54) is 0 Å². The first-order valence-corrected chi connectivity index (χ1v) is 5.83. The van der Waals surface area contributed by atoms with Crippen LogP contribution in [0.1, 0.15) is 0 Å². The van der Waals surface area contributed by atoms with E-state index in [4.69, 9.17) is 19.3 Å². The third kappa shape index (κ3) is 5.97. The maximum atomic E-state index is 10.5. The quantitative estimate of drug-likeness (QED) is 0.534. The topological polar surface area (TPSA) is 68.2 Å². The lowest BCUT2D eigenvalue weighted by Gasteiger charge is -2.36. The van der Waals surface area contributed by atoms with Crippen LogP contribution >= 0.6 is 0 Å². The zero-order valence-electron chi connectivity index (χ0n) is 10.3. The number of aliphatic carboxylic acids is 1. The maximum absolute atomic E-state index is 10.5. The Morgan fingerprint density at radius 2 is 1.76 bits per heavy atom. The molecule has 0 aliphatic carbocycles. The van der Waals surface area contributed by atoms with Gasteiger partial charge in [-0.05, 0) is 0 Å². The van der Waals surface area contributed by atoms with Gasteiger partial charge in [0.1, 0.15) is 0 Å². The fourth-order valence-electron chi connectivity index (χ4n) is 1.57. The van der Waals surface area contributed by atoms with Gasteiger partial charge in [0, 0.05) is 26.7 Å². The zero-order valence-corrected chi connectivity index (χ0v) is 10.3. The van der Waals surface area contributed by atoms with Crippen molar-refractivity contribution in [3.63, 3.8) is 0 Å². The summed E-state index contributed by atoms with van der Waals surface area (Å²) in [6.45, 7) is 5.03. The lowest BCUT2D eigenvalue weighted by Crippen LogP contribution is -2.51. The van der Waals surface area contributed by atoms with Crippen LogP contribution in [0.25, 0.3) is 0 Å². The molecule has 0 amide bonds. The molecule has 0 aromatic carbocycles. The molecule has 1 N–H and O–H groups in total. The number of likely N-dealkylation sites (tertiary alicyclic amines) is 1. The van der Waals surface area contributed by atoms with Gasteiger partial charge in [-0.25, -0.2) is 0 Å². The summed E-state index contributed by atoms with van der Waals surface area (Å²) in [6, 6.07) is 0. The molecule has 100 valence electrons. The molecule has 6 nitrogen and oxygen atoms in total. The van der Waals surface area contributed by atoms with Crippen LogP contribution in [0, 0.1) is 5.92 Å². The number of rotatable bonds is 10. The largest absolute Gasteiger partial charge is 0.481 e. The van der Waals surface area contributed by atoms with Crippen LogP contribution in [0.15, 0.2) is 0 Å². The van der Waals surface area contributed by atoms with Gasteiger partial charge in [-0.1, -0.05) is 0 Å². The Bertz CT molecular complexity index is 218. The summed E-state index contributed by atoms with van der Waals surface area (Å²) in [5.41, 5.74) is 0. The van der Waals surface area contributed by atoms with Gasteiger partial charge in [0.05, 0.1) is 39.0 Å². The minimum absolute atomic E-state index is 0.188. The fourth-order valence-corrected chi connectivity index (χ4v) is 1.57. The normalized spacial score (nSPS) is 17.0. The van der Waals surface area contributed by atoms with Crippen molar-refractivity contribution >= 4 is 5.97 Å². The Morgan fingerprint density at radius 3 is 2.35 bits per heavy atom. The average Bonchev–Trinajstić information content (AvgIpc) is 2.23. The highest BCUT2D eigenvalue weighted by Gasteiger charge is 2.31. The second kappa shape index (κ2) is 8.41. The third-order valence-electron chi connectivity index (χ3n) is 2.66. The molecule has 1 saturated heterocycles. The Morgan fingerprint density at radius 1 is 1.18 bits per heavy atom. The maximum Gasteiger partial charge on any atom is 0.309 e. The standard InChI is InChI=1S/C11H21NO5/c1-15-4-5-17-7-6-16-3-2-12-8-10(9-12)11(13)14/h10H,2-9H2,1H3,(H,13,14). The molecule has 0 bridgehead atoms. The van der Waals surface area contributed by atoms with Crippen LogP contribution in [-0.4, -0.2) is 75.8 Å². The first-order valence-electron chi connectivity index (χ1n) is 5.83. The monoisotopic (exact) mass is 247 g/mol. The van der Waals surface area contributed by atoms with E-state index >= 15 is 0 Å². The summed E-state index contributed by atoms with van der Waals surface area (Å²) < 4.78 is 15.4. The van der Waals surface area contributed by atoms with Crippen molar-refractivity contribution in [1.82, 2.24) is 4.90 Å². The molecular weight excluding hydrogens is 226 g/mol. The fraction of sp³-hybridized carbons (Fsp3) is 0.909. The van der Waals surface area contributed by atoms with Gasteiger partial charge in [0.25, 0.3) is 0 Å². The van der Waals surface area contributed by atoms with Gasteiger partial charge in [-0.2, -0.15) is 0 Å². The second-order valence-corrected chi connectivity index (χ2v) is 4.01. The van der Waals surface area contributed by atoms with Gasteiger partial charge in [-0.3, -0.25) is 9.69 Å². The van der Waals surface area contributed by atoms with Gasteiger partial charge in [-0.15, -0.1) is 0 Å². The number of carboxylic acids is 1. The van der Waals surface area contributed by atoms with E-state index in [0.717, 1.165) is 6.54 Å². The number of carbonyl (C=O) groups is 1. The minimum Gasteiger partial charge on any atom is -0.481 e. The summed E-state index contributed by atoms with van der Waals surface area (Å²) in [5.74, 6) is -0.888. The van der Waals surface area contributed by atoms with Gasteiger partial charge < -0.3 is 19.3 Å². The predicted molar refractivity (Wildman–Crippen MR) is 61.1 cm³/mol. The summed E-state index contributed by atoms with van der Waals surface area (Å²) in [5, 5.41) is 8.68.